The summed E-state index contributed by atoms with van der Waals surface area (Å²) in [5.41, 5.74) is 1.27. The molecule has 2 heterocycles. The molecule has 6 heteroatoms. The minimum absolute atomic E-state index is 0.697. The zero-order chi connectivity index (χ0) is 13.5. The third kappa shape index (κ3) is 5.12. The SMILES string of the molecule is CN=C(NCc1csc(Br)c1)NCC1CCOCC1. The molecule has 2 N–H and O–H groups in total. The van der Waals surface area contributed by atoms with Crippen LogP contribution in [0, 0.1) is 5.92 Å². The van der Waals surface area contributed by atoms with Crippen molar-refractivity contribution in [2.24, 2.45) is 10.9 Å². The van der Waals surface area contributed by atoms with Crippen molar-refractivity contribution in [1.29, 1.82) is 0 Å². The fourth-order valence-corrected chi connectivity index (χ4v) is 3.25. The maximum atomic E-state index is 5.36. The fraction of sp³-hybridized carbons (Fsp3) is 0.615. The minimum Gasteiger partial charge on any atom is -0.381 e. The van der Waals surface area contributed by atoms with Gasteiger partial charge in [-0.2, -0.15) is 0 Å². The Kier molecular flexibility index (Phi) is 6.13. The Morgan fingerprint density at radius 3 is 2.89 bits per heavy atom. The summed E-state index contributed by atoms with van der Waals surface area (Å²) in [6.07, 6.45) is 2.28. The largest absolute Gasteiger partial charge is 0.381 e. The van der Waals surface area contributed by atoms with E-state index in [9.17, 15) is 0 Å². The van der Waals surface area contributed by atoms with Crippen molar-refractivity contribution in [2.45, 2.75) is 19.4 Å². The third-order valence-corrected chi connectivity index (χ3v) is 4.76. The van der Waals surface area contributed by atoms with Gasteiger partial charge in [-0.15, -0.1) is 11.3 Å². The van der Waals surface area contributed by atoms with Crippen LogP contribution in [-0.4, -0.2) is 32.8 Å². The van der Waals surface area contributed by atoms with Crippen molar-refractivity contribution in [3.05, 3.63) is 20.8 Å². The second kappa shape index (κ2) is 7.87. The van der Waals surface area contributed by atoms with Gasteiger partial charge < -0.3 is 15.4 Å². The lowest BCUT2D eigenvalue weighted by Gasteiger charge is -2.23. The van der Waals surface area contributed by atoms with Gasteiger partial charge in [0.2, 0.25) is 0 Å². The molecule has 2 rings (SSSR count). The lowest BCUT2D eigenvalue weighted by molar-refractivity contribution is 0.0675. The number of hydrogen-bond acceptors (Lipinski definition) is 3. The van der Waals surface area contributed by atoms with Gasteiger partial charge in [-0.1, -0.05) is 0 Å². The molecule has 1 aliphatic rings. The molecule has 1 aromatic rings. The van der Waals surface area contributed by atoms with Gasteiger partial charge in [-0.05, 0) is 51.7 Å². The molecule has 0 unspecified atom stereocenters. The van der Waals surface area contributed by atoms with E-state index in [0.29, 0.717) is 5.92 Å². The first-order valence-corrected chi connectivity index (χ1v) is 8.20. The molecular formula is C13H20BrN3OS. The molecule has 106 valence electrons. The average Bonchev–Trinajstić information content (AvgIpc) is 2.86. The standard InChI is InChI=1S/C13H20BrN3OS/c1-15-13(16-7-10-2-4-18-5-3-10)17-8-11-6-12(14)19-9-11/h6,9-10H,2-5,7-8H2,1H3,(H2,15,16,17). The van der Waals surface area contributed by atoms with Crippen molar-refractivity contribution in [3.8, 4) is 0 Å². The predicted molar refractivity (Wildman–Crippen MR) is 83.8 cm³/mol. The Hall–Kier alpha value is -0.590. The van der Waals surface area contributed by atoms with Crippen LogP contribution in [0.5, 0.6) is 0 Å². The van der Waals surface area contributed by atoms with Gasteiger partial charge in [0.25, 0.3) is 0 Å². The first-order valence-electron chi connectivity index (χ1n) is 6.53. The number of guanidine groups is 1. The lowest BCUT2D eigenvalue weighted by Crippen LogP contribution is -2.40. The fourth-order valence-electron chi connectivity index (χ4n) is 2.04. The van der Waals surface area contributed by atoms with Crippen LogP contribution in [0.25, 0.3) is 0 Å². The minimum atomic E-state index is 0.697. The van der Waals surface area contributed by atoms with Crippen molar-refractivity contribution < 1.29 is 4.74 Å². The molecular weight excluding hydrogens is 326 g/mol. The summed E-state index contributed by atoms with van der Waals surface area (Å²) in [6.45, 7) is 3.55. The van der Waals surface area contributed by atoms with Crippen LogP contribution in [0.1, 0.15) is 18.4 Å². The Morgan fingerprint density at radius 2 is 2.26 bits per heavy atom. The molecule has 1 aromatic heterocycles. The zero-order valence-electron chi connectivity index (χ0n) is 11.1. The molecule has 0 amide bonds. The smallest absolute Gasteiger partial charge is 0.191 e. The number of thiophene rings is 1. The number of rotatable bonds is 4. The number of aliphatic imine (C=N–C) groups is 1. The van der Waals surface area contributed by atoms with E-state index in [2.05, 4.69) is 43.0 Å². The Balaban J connectivity index is 1.71. The van der Waals surface area contributed by atoms with Crippen LogP contribution in [-0.2, 0) is 11.3 Å². The molecule has 0 aliphatic carbocycles. The van der Waals surface area contributed by atoms with Gasteiger partial charge >= 0.3 is 0 Å². The van der Waals surface area contributed by atoms with E-state index in [1.165, 1.54) is 5.56 Å². The highest BCUT2D eigenvalue weighted by Crippen LogP contribution is 2.20. The topological polar surface area (TPSA) is 45.7 Å². The quantitative estimate of drug-likeness (QED) is 0.651. The van der Waals surface area contributed by atoms with Crippen molar-refractivity contribution in [3.63, 3.8) is 0 Å². The van der Waals surface area contributed by atoms with Crippen molar-refractivity contribution >= 4 is 33.2 Å². The summed E-state index contributed by atoms with van der Waals surface area (Å²) in [6, 6.07) is 2.13. The molecule has 0 saturated carbocycles. The van der Waals surface area contributed by atoms with Gasteiger partial charge in [0.1, 0.15) is 0 Å². The summed E-state index contributed by atoms with van der Waals surface area (Å²) in [5, 5.41) is 8.86. The maximum Gasteiger partial charge on any atom is 0.191 e. The Labute approximate surface area is 126 Å². The van der Waals surface area contributed by atoms with E-state index in [0.717, 1.165) is 48.9 Å². The summed E-state index contributed by atoms with van der Waals surface area (Å²) in [4.78, 5) is 4.25. The van der Waals surface area contributed by atoms with E-state index >= 15 is 0 Å². The molecule has 4 nitrogen and oxygen atoms in total. The van der Waals surface area contributed by atoms with Gasteiger partial charge in [0.05, 0.1) is 3.79 Å². The molecule has 19 heavy (non-hydrogen) atoms. The summed E-state index contributed by atoms with van der Waals surface area (Å²) in [7, 11) is 1.81. The summed E-state index contributed by atoms with van der Waals surface area (Å²) in [5.74, 6) is 1.57. The van der Waals surface area contributed by atoms with Crippen LogP contribution in [0.15, 0.2) is 20.2 Å². The lowest BCUT2D eigenvalue weighted by atomic mass is 10.0. The monoisotopic (exact) mass is 345 g/mol. The molecule has 0 radical (unpaired) electrons. The zero-order valence-corrected chi connectivity index (χ0v) is 13.5. The Morgan fingerprint density at radius 1 is 1.47 bits per heavy atom. The van der Waals surface area contributed by atoms with E-state index in [1.54, 1.807) is 11.3 Å². The van der Waals surface area contributed by atoms with Crippen LogP contribution in [0.2, 0.25) is 0 Å². The molecule has 0 atom stereocenters. The molecule has 1 fully saturated rings. The summed E-state index contributed by atoms with van der Waals surface area (Å²) < 4.78 is 6.53. The number of nitrogens with one attached hydrogen (secondary N) is 2. The highest BCUT2D eigenvalue weighted by molar-refractivity contribution is 9.11. The first-order chi connectivity index (χ1) is 9.28. The molecule has 0 aromatic carbocycles. The Bertz CT molecular complexity index is 416. The maximum absolute atomic E-state index is 5.36. The highest BCUT2D eigenvalue weighted by Gasteiger charge is 2.13. The predicted octanol–water partition coefficient (Wildman–Crippen LogP) is 2.60. The number of halogens is 1. The van der Waals surface area contributed by atoms with Crippen molar-refractivity contribution in [2.75, 3.05) is 26.8 Å². The van der Waals surface area contributed by atoms with Gasteiger partial charge in [-0.3, -0.25) is 4.99 Å². The number of nitrogens with zero attached hydrogens (tertiary/aromatic N) is 1. The van der Waals surface area contributed by atoms with Crippen LogP contribution >= 0.6 is 27.3 Å². The van der Waals surface area contributed by atoms with Gasteiger partial charge in [0.15, 0.2) is 5.96 Å². The van der Waals surface area contributed by atoms with E-state index in [4.69, 9.17) is 4.74 Å². The molecule has 1 aliphatic heterocycles. The summed E-state index contributed by atoms with van der Waals surface area (Å²) >= 11 is 5.17. The van der Waals surface area contributed by atoms with Gasteiger partial charge in [-0.25, -0.2) is 0 Å². The first kappa shape index (κ1) is 14.8. The molecule has 1 saturated heterocycles. The van der Waals surface area contributed by atoms with Crippen LogP contribution < -0.4 is 10.6 Å². The van der Waals surface area contributed by atoms with E-state index in [-0.39, 0.29) is 0 Å². The number of ether oxygens (including phenoxy) is 1. The molecule has 0 spiro atoms. The van der Waals surface area contributed by atoms with E-state index in [1.807, 2.05) is 7.05 Å². The van der Waals surface area contributed by atoms with Crippen molar-refractivity contribution in [1.82, 2.24) is 10.6 Å². The second-order valence-corrected chi connectivity index (χ2v) is 6.91. The normalized spacial score (nSPS) is 17.5. The molecule has 0 bridgehead atoms. The van der Waals surface area contributed by atoms with Crippen LogP contribution in [0.4, 0.5) is 0 Å². The van der Waals surface area contributed by atoms with Crippen LogP contribution in [0.3, 0.4) is 0 Å². The third-order valence-electron chi connectivity index (χ3n) is 3.20. The highest BCUT2D eigenvalue weighted by atomic mass is 79.9. The van der Waals surface area contributed by atoms with Gasteiger partial charge in [0, 0.05) is 33.4 Å². The van der Waals surface area contributed by atoms with E-state index < -0.39 is 0 Å². The average molecular weight is 346 g/mol. The number of hydrogen-bond donors (Lipinski definition) is 2. The second-order valence-electron chi connectivity index (χ2n) is 4.62.